The SMILES string of the molecule is Cc1cc(NCc2cc(Cl)ccc2O)no1. The van der Waals surface area contributed by atoms with Gasteiger partial charge in [0, 0.05) is 23.2 Å². The molecule has 84 valence electrons. The molecule has 4 nitrogen and oxygen atoms in total. The maximum Gasteiger partial charge on any atom is 0.169 e. The van der Waals surface area contributed by atoms with Crippen molar-refractivity contribution in [2.45, 2.75) is 13.5 Å². The highest BCUT2D eigenvalue weighted by Crippen LogP contribution is 2.22. The van der Waals surface area contributed by atoms with E-state index in [4.69, 9.17) is 16.1 Å². The van der Waals surface area contributed by atoms with Crippen molar-refractivity contribution in [1.82, 2.24) is 5.16 Å². The lowest BCUT2D eigenvalue weighted by molar-refractivity contribution is 0.399. The van der Waals surface area contributed by atoms with Gasteiger partial charge in [0.2, 0.25) is 0 Å². The number of hydrogen-bond acceptors (Lipinski definition) is 4. The van der Waals surface area contributed by atoms with Crippen molar-refractivity contribution in [3.05, 3.63) is 40.6 Å². The Morgan fingerprint density at radius 2 is 2.25 bits per heavy atom. The lowest BCUT2D eigenvalue weighted by Crippen LogP contribution is -1.99. The zero-order chi connectivity index (χ0) is 11.5. The van der Waals surface area contributed by atoms with E-state index < -0.39 is 0 Å². The van der Waals surface area contributed by atoms with Gasteiger partial charge in [0.05, 0.1) is 0 Å². The summed E-state index contributed by atoms with van der Waals surface area (Å²) < 4.78 is 4.91. The molecule has 16 heavy (non-hydrogen) atoms. The lowest BCUT2D eigenvalue weighted by Gasteiger charge is -2.05. The van der Waals surface area contributed by atoms with Crippen molar-refractivity contribution in [2.24, 2.45) is 0 Å². The van der Waals surface area contributed by atoms with Crippen LogP contribution in [0.15, 0.2) is 28.8 Å². The Hall–Kier alpha value is -1.68. The van der Waals surface area contributed by atoms with Crippen molar-refractivity contribution in [3.8, 4) is 5.75 Å². The normalized spacial score (nSPS) is 10.4. The Bertz CT molecular complexity index is 496. The molecule has 0 aliphatic heterocycles. The highest BCUT2D eigenvalue weighted by atomic mass is 35.5. The quantitative estimate of drug-likeness (QED) is 0.863. The van der Waals surface area contributed by atoms with E-state index in [1.165, 1.54) is 0 Å². The average molecular weight is 239 g/mol. The fourth-order valence-electron chi connectivity index (χ4n) is 1.33. The number of phenolic OH excluding ortho intramolecular Hbond substituents is 1. The highest BCUT2D eigenvalue weighted by molar-refractivity contribution is 6.30. The number of aromatic hydroxyl groups is 1. The fraction of sp³-hybridized carbons (Fsp3) is 0.182. The molecular weight excluding hydrogens is 228 g/mol. The minimum absolute atomic E-state index is 0.206. The van der Waals surface area contributed by atoms with Crippen LogP contribution in [0, 0.1) is 6.92 Å². The largest absolute Gasteiger partial charge is 0.508 e. The Morgan fingerprint density at radius 1 is 1.44 bits per heavy atom. The van der Waals surface area contributed by atoms with E-state index in [1.807, 2.05) is 6.92 Å². The highest BCUT2D eigenvalue weighted by Gasteiger charge is 2.04. The number of rotatable bonds is 3. The lowest BCUT2D eigenvalue weighted by atomic mass is 10.2. The van der Waals surface area contributed by atoms with Crippen LogP contribution < -0.4 is 5.32 Å². The maximum atomic E-state index is 9.58. The number of aryl methyl sites for hydroxylation is 1. The van der Waals surface area contributed by atoms with Gasteiger partial charge in [-0.1, -0.05) is 16.8 Å². The molecule has 0 spiro atoms. The molecule has 0 saturated carbocycles. The summed E-state index contributed by atoms with van der Waals surface area (Å²) in [7, 11) is 0. The van der Waals surface area contributed by atoms with Crippen LogP contribution in [0.4, 0.5) is 5.82 Å². The van der Waals surface area contributed by atoms with Crippen LogP contribution >= 0.6 is 11.6 Å². The minimum Gasteiger partial charge on any atom is -0.508 e. The van der Waals surface area contributed by atoms with Crippen LogP contribution in [0.5, 0.6) is 5.75 Å². The first-order valence-corrected chi connectivity index (χ1v) is 5.17. The molecule has 0 atom stereocenters. The van der Waals surface area contributed by atoms with Gasteiger partial charge < -0.3 is 14.9 Å². The predicted octanol–water partition coefficient (Wildman–Crippen LogP) is 2.95. The van der Waals surface area contributed by atoms with Crippen molar-refractivity contribution in [3.63, 3.8) is 0 Å². The summed E-state index contributed by atoms with van der Waals surface area (Å²) in [4.78, 5) is 0. The second-order valence-corrected chi connectivity index (χ2v) is 3.89. The zero-order valence-electron chi connectivity index (χ0n) is 8.70. The summed E-state index contributed by atoms with van der Waals surface area (Å²) >= 11 is 5.83. The second kappa shape index (κ2) is 4.45. The van der Waals surface area contributed by atoms with Crippen molar-refractivity contribution in [1.29, 1.82) is 0 Å². The first-order chi connectivity index (χ1) is 7.65. The number of halogens is 1. The molecule has 5 heteroatoms. The maximum absolute atomic E-state index is 9.58. The molecule has 0 bridgehead atoms. The molecule has 1 aromatic heterocycles. The van der Waals surface area contributed by atoms with E-state index in [2.05, 4.69) is 10.5 Å². The van der Waals surface area contributed by atoms with Crippen LogP contribution in [0.25, 0.3) is 0 Å². The van der Waals surface area contributed by atoms with E-state index in [-0.39, 0.29) is 5.75 Å². The van der Waals surface area contributed by atoms with Gasteiger partial charge >= 0.3 is 0 Å². The molecule has 1 aromatic carbocycles. The molecule has 2 rings (SSSR count). The standard InChI is InChI=1S/C11H11ClN2O2/c1-7-4-11(14-16-7)13-6-8-5-9(12)2-3-10(8)15/h2-5,15H,6H2,1H3,(H,13,14). The van der Waals surface area contributed by atoms with Crippen LogP contribution in [-0.2, 0) is 6.54 Å². The monoisotopic (exact) mass is 238 g/mol. The Morgan fingerprint density at radius 3 is 2.94 bits per heavy atom. The number of anilines is 1. The molecular formula is C11H11ClN2O2. The summed E-state index contributed by atoms with van der Waals surface area (Å²) in [6.07, 6.45) is 0. The van der Waals surface area contributed by atoms with Gasteiger partial charge in [-0.25, -0.2) is 0 Å². The Kier molecular flexibility index (Phi) is 3.01. The number of phenols is 1. The molecule has 0 fully saturated rings. The van der Waals surface area contributed by atoms with E-state index in [9.17, 15) is 5.11 Å². The smallest absolute Gasteiger partial charge is 0.169 e. The molecule has 0 saturated heterocycles. The molecule has 0 aliphatic carbocycles. The molecule has 2 N–H and O–H groups in total. The van der Waals surface area contributed by atoms with E-state index in [0.29, 0.717) is 22.9 Å². The molecule has 0 unspecified atom stereocenters. The Balaban J connectivity index is 2.07. The molecule has 0 aliphatic rings. The zero-order valence-corrected chi connectivity index (χ0v) is 9.45. The van der Waals surface area contributed by atoms with Crippen molar-refractivity contribution < 1.29 is 9.63 Å². The summed E-state index contributed by atoms with van der Waals surface area (Å²) in [5.41, 5.74) is 0.716. The number of nitrogens with zero attached hydrogens (tertiary/aromatic N) is 1. The third-order valence-electron chi connectivity index (χ3n) is 2.13. The van der Waals surface area contributed by atoms with E-state index in [0.717, 1.165) is 5.76 Å². The van der Waals surface area contributed by atoms with Crippen molar-refractivity contribution in [2.75, 3.05) is 5.32 Å². The summed E-state index contributed by atoms with van der Waals surface area (Å²) in [6, 6.07) is 6.69. The molecule has 0 radical (unpaired) electrons. The average Bonchev–Trinajstić information content (AvgIpc) is 2.66. The molecule has 2 aromatic rings. The molecule has 0 amide bonds. The van der Waals surface area contributed by atoms with E-state index >= 15 is 0 Å². The van der Waals surface area contributed by atoms with Crippen LogP contribution in [0.1, 0.15) is 11.3 Å². The minimum atomic E-state index is 0.206. The second-order valence-electron chi connectivity index (χ2n) is 3.45. The Labute approximate surface area is 97.8 Å². The van der Waals surface area contributed by atoms with Gasteiger partial charge in [0.1, 0.15) is 11.5 Å². The van der Waals surface area contributed by atoms with Gasteiger partial charge in [0.15, 0.2) is 5.82 Å². The van der Waals surface area contributed by atoms with Gasteiger partial charge in [-0.3, -0.25) is 0 Å². The topological polar surface area (TPSA) is 58.3 Å². The van der Waals surface area contributed by atoms with Gasteiger partial charge in [-0.15, -0.1) is 0 Å². The summed E-state index contributed by atoms with van der Waals surface area (Å²) in [5, 5.41) is 17.0. The third-order valence-corrected chi connectivity index (χ3v) is 2.36. The van der Waals surface area contributed by atoms with Crippen LogP contribution in [-0.4, -0.2) is 10.3 Å². The first-order valence-electron chi connectivity index (χ1n) is 4.80. The third kappa shape index (κ3) is 2.46. The number of aromatic nitrogens is 1. The number of nitrogens with one attached hydrogen (secondary N) is 1. The van der Waals surface area contributed by atoms with Crippen LogP contribution in [0.3, 0.4) is 0 Å². The van der Waals surface area contributed by atoms with Gasteiger partial charge in [0.25, 0.3) is 0 Å². The van der Waals surface area contributed by atoms with Crippen molar-refractivity contribution >= 4 is 17.4 Å². The number of benzene rings is 1. The first kappa shape index (κ1) is 10.8. The summed E-state index contributed by atoms with van der Waals surface area (Å²) in [6.45, 7) is 2.26. The summed E-state index contributed by atoms with van der Waals surface area (Å²) in [5.74, 6) is 1.58. The van der Waals surface area contributed by atoms with E-state index in [1.54, 1.807) is 24.3 Å². The van der Waals surface area contributed by atoms with Crippen LogP contribution in [0.2, 0.25) is 5.02 Å². The van der Waals surface area contributed by atoms with Gasteiger partial charge in [-0.05, 0) is 25.1 Å². The molecule has 1 heterocycles. The predicted molar refractivity (Wildman–Crippen MR) is 61.7 cm³/mol. The number of hydrogen-bond donors (Lipinski definition) is 2. The fourth-order valence-corrected chi connectivity index (χ4v) is 1.53. The van der Waals surface area contributed by atoms with Gasteiger partial charge in [-0.2, -0.15) is 0 Å².